The topological polar surface area (TPSA) is 63.2 Å². The number of hydrogen-bond acceptors (Lipinski definition) is 7. The number of benzene rings is 2. The quantitative estimate of drug-likeness (QED) is 0.119. The first-order valence-corrected chi connectivity index (χ1v) is 13.9. The molecule has 1 saturated carbocycles. The molecule has 0 aliphatic heterocycles. The Labute approximate surface area is 246 Å². The Morgan fingerprint density at radius 3 is 2.42 bits per heavy atom. The zero-order chi connectivity index (χ0) is 29.2. The van der Waals surface area contributed by atoms with Gasteiger partial charge in [-0.1, -0.05) is 48.0 Å². The number of carbonyl (C=O) groups excluding carboxylic acids is 1. The third kappa shape index (κ3) is 9.08. The normalized spacial score (nSPS) is 14.8. The van der Waals surface area contributed by atoms with Crippen molar-refractivity contribution in [3.05, 3.63) is 76.3 Å². The van der Waals surface area contributed by atoms with Crippen molar-refractivity contribution >= 4 is 40.3 Å². The van der Waals surface area contributed by atoms with E-state index in [0.717, 1.165) is 24.6 Å². The van der Waals surface area contributed by atoms with Gasteiger partial charge in [-0.05, 0) is 78.9 Å². The minimum Gasteiger partial charge on any atom is -0.497 e. The summed E-state index contributed by atoms with van der Waals surface area (Å²) in [5, 5.41) is -0.0411. The van der Waals surface area contributed by atoms with Crippen molar-refractivity contribution in [2.45, 2.75) is 43.8 Å². The number of carbonyl (C=O) groups is 1. The van der Waals surface area contributed by atoms with Gasteiger partial charge in [0.25, 0.3) is 0 Å². The molecule has 0 bridgehead atoms. The predicted molar refractivity (Wildman–Crippen MR) is 153 cm³/mol. The lowest BCUT2D eigenvalue weighted by atomic mass is 9.99. The van der Waals surface area contributed by atoms with Gasteiger partial charge < -0.3 is 23.7 Å². The molecule has 0 amide bonds. The van der Waals surface area contributed by atoms with E-state index in [2.05, 4.69) is 11.3 Å². The van der Waals surface area contributed by atoms with Crippen molar-refractivity contribution in [2.24, 2.45) is 5.92 Å². The standard InChI is InChI=1S/C29H30Cl2F2O6S/c1-5-21(30)20(22(31)6-2)15-25(39-29(34)40-27-14-19(35-3)10-12-24(27)36-4)18-9-11-23(38-28(32)33)26(13-18)37-16-17-7-8-17/h5-6,9-14,17,25,28H,1,7-8,15-16H2,2-4H3/b21-20+,22-6+/t25-/m0/s1. The third-order valence-corrected chi connectivity index (χ3v) is 7.56. The number of hydrogen-bond donors (Lipinski definition) is 0. The van der Waals surface area contributed by atoms with Gasteiger partial charge in [0, 0.05) is 16.5 Å². The molecule has 1 aliphatic rings. The van der Waals surface area contributed by atoms with Crippen molar-refractivity contribution in [3.8, 4) is 23.0 Å². The molecule has 216 valence electrons. The smallest absolute Gasteiger partial charge is 0.387 e. The molecule has 0 N–H and O–H groups in total. The van der Waals surface area contributed by atoms with Crippen LogP contribution in [0.5, 0.6) is 23.0 Å². The lowest BCUT2D eigenvalue weighted by molar-refractivity contribution is -0.0515. The van der Waals surface area contributed by atoms with Crippen LogP contribution in [0.4, 0.5) is 13.6 Å². The second-order valence-electron chi connectivity index (χ2n) is 8.69. The predicted octanol–water partition coefficient (Wildman–Crippen LogP) is 9.28. The van der Waals surface area contributed by atoms with Crippen LogP contribution in [0.3, 0.4) is 0 Å². The highest BCUT2D eigenvalue weighted by atomic mass is 35.5. The van der Waals surface area contributed by atoms with E-state index in [1.807, 2.05) is 0 Å². The second kappa shape index (κ2) is 15.2. The summed E-state index contributed by atoms with van der Waals surface area (Å²) in [6, 6.07) is 9.44. The second-order valence-corrected chi connectivity index (χ2v) is 10.5. The third-order valence-electron chi connectivity index (χ3n) is 5.93. The molecule has 0 spiro atoms. The van der Waals surface area contributed by atoms with E-state index in [-0.39, 0.29) is 23.0 Å². The average Bonchev–Trinajstić information content (AvgIpc) is 3.78. The van der Waals surface area contributed by atoms with Gasteiger partial charge in [-0.2, -0.15) is 8.78 Å². The monoisotopic (exact) mass is 614 g/mol. The molecule has 0 aromatic heterocycles. The van der Waals surface area contributed by atoms with Crippen molar-refractivity contribution < 1.29 is 37.3 Å². The number of rotatable bonds is 14. The SMILES string of the molecule is C=C/C(Cl)=C(C[C@H](OC(=O)Sc1cc(OC)ccc1OC)c1ccc(OC(F)F)c(OCC2CC2)c1)\C(Cl)=C/C. The van der Waals surface area contributed by atoms with E-state index in [9.17, 15) is 13.6 Å². The highest BCUT2D eigenvalue weighted by Crippen LogP contribution is 2.41. The Kier molecular flexibility index (Phi) is 12.0. The Morgan fingerprint density at radius 1 is 1.10 bits per heavy atom. The number of allylic oxidation sites excluding steroid dienone is 4. The van der Waals surface area contributed by atoms with E-state index in [4.69, 9.17) is 42.1 Å². The molecule has 1 fully saturated rings. The molecular formula is C29H30Cl2F2O6S. The summed E-state index contributed by atoms with van der Waals surface area (Å²) >= 11 is 13.7. The fraction of sp³-hybridized carbons (Fsp3) is 0.345. The minimum atomic E-state index is -3.04. The molecule has 40 heavy (non-hydrogen) atoms. The van der Waals surface area contributed by atoms with Gasteiger partial charge in [0.2, 0.25) is 0 Å². The van der Waals surface area contributed by atoms with E-state index >= 15 is 0 Å². The van der Waals surface area contributed by atoms with Gasteiger partial charge in [-0.25, -0.2) is 4.79 Å². The van der Waals surface area contributed by atoms with Crippen LogP contribution in [0.15, 0.2) is 75.7 Å². The van der Waals surface area contributed by atoms with Crippen LogP contribution in [-0.4, -0.2) is 32.7 Å². The molecule has 2 aromatic carbocycles. The van der Waals surface area contributed by atoms with Gasteiger partial charge in [0.05, 0.1) is 25.7 Å². The lowest BCUT2D eigenvalue weighted by Crippen LogP contribution is -2.11. The summed E-state index contributed by atoms with van der Waals surface area (Å²) in [7, 11) is 3.00. The maximum absolute atomic E-state index is 13.2. The number of thioether (sulfide) groups is 1. The number of ether oxygens (including phenoxy) is 5. The average molecular weight is 616 g/mol. The fourth-order valence-corrected chi connectivity index (χ4v) is 4.81. The first-order valence-electron chi connectivity index (χ1n) is 12.3. The van der Waals surface area contributed by atoms with Crippen LogP contribution in [0, 0.1) is 5.92 Å². The van der Waals surface area contributed by atoms with Gasteiger partial charge in [-0.3, -0.25) is 0 Å². The van der Waals surface area contributed by atoms with E-state index in [1.54, 1.807) is 31.2 Å². The molecule has 0 unspecified atom stereocenters. The minimum absolute atomic E-state index is 0.0622. The maximum atomic E-state index is 13.2. The maximum Gasteiger partial charge on any atom is 0.387 e. The van der Waals surface area contributed by atoms with E-state index in [1.165, 1.54) is 38.5 Å². The van der Waals surface area contributed by atoms with Crippen molar-refractivity contribution in [2.75, 3.05) is 20.8 Å². The highest BCUT2D eigenvalue weighted by molar-refractivity contribution is 8.13. The summed E-state index contributed by atoms with van der Waals surface area (Å²) in [5.41, 5.74) is 0.946. The van der Waals surface area contributed by atoms with Crippen LogP contribution in [0.1, 0.15) is 37.9 Å². The molecule has 0 radical (unpaired) electrons. The van der Waals surface area contributed by atoms with Crippen LogP contribution in [0.25, 0.3) is 0 Å². The molecule has 6 nitrogen and oxygen atoms in total. The molecule has 1 atom stereocenters. The van der Waals surface area contributed by atoms with Crippen LogP contribution >= 0.6 is 35.0 Å². The first kappa shape index (κ1) is 31.6. The molecule has 0 heterocycles. The molecule has 3 rings (SSSR count). The number of halogens is 4. The highest BCUT2D eigenvalue weighted by Gasteiger charge is 2.26. The molecule has 0 saturated heterocycles. The van der Waals surface area contributed by atoms with Gasteiger partial charge in [0.1, 0.15) is 17.6 Å². The summed E-state index contributed by atoms with van der Waals surface area (Å²) in [4.78, 5) is 13.7. The van der Waals surface area contributed by atoms with Crippen LogP contribution in [0.2, 0.25) is 0 Å². The van der Waals surface area contributed by atoms with Crippen molar-refractivity contribution in [1.82, 2.24) is 0 Å². The first-order chi connectivity index (χ1) is 19.2. The Hall–Kier alpha value is -2.88. The lowest BCUT2D eigenvalue weighted by Gasteiger charge is -2.22. The Morgan fingerprint density at radius 2 is 1.82 bits per heavy atom. The summed E-state index contributed by atoms with van der Waals surface area (Å²) in [6.45, 7) is 2.77. The van der Waals surface area contributed by atoms with Crippen molar-refractivity contribution in [1.29, 1.82) is 0 Å². The van der Waals surface area contributed by atoms with Gasteiger partial charge >= 0.3 is 11.9 Å². The fourth-order valence-electron chi connectivity index (χ4n) is 3.64. The number of alkyl halides is 2. The van der Waals surface area contributed by atoms with E-state index in [0.29, 0.717) is 45.1 Å². The summed E-state index contributed by atoms with van der Waals surface area (Å²) in [6.07, 6.45) is 4.23. The van der Waals surface area contributed by atoms with Crippen LogP contribution < -0.4 is 18.9 Å². The summed E-state index contributed by atoms with van der Waals surface area (Å²) in [5.74, 6) is 1.34. The summed E-state index contributed by atoms with van der Waals surface area (Å²) < 4.78 is 53.2. The largest absolute Gasteiger partial charge is 0.497 e. The molecular weight excluding hydrogens is 585 g/mol. The Bertz CT molecular complexity index is 1260. The molecule has 11 heteroatoms. The van der Waals surface area contributed by atoms with Crippen LogP contribution in [-0.2, 0) is 4.74 Å². The molecule has 1 aliphatic carbocycles. The van der Waals surface area contributed by atoms with Gasteiger partial charge in [-0.15, -0.1) is 0 Å². The zero-order valence-corrected chi connectivity index (χ0v) is 24.6. The zero-order valence-electron chi connectivity index (χ0n) is 22.3. The van der Waals surface area contributed by atoms with E-state index < -0.39 is 18.0 Å². The van der Waals surface area contributed by atoms with Gasteiger partial charge in [0.15, 0.2) is 11.5 Å². The number of methoxy groups -OCH3 is 2. The molecule has 2 aromatic rings. The Balaban J connectivity index is 1.98. The van der Waals surface area contributed by atoms with Crippen molar-refractivity contribution in [3.63, 3.8) is 0 Å².